The van der Waals surface area contributed by atoms with E-state index in [1.807, 2.05) is 24.6 Å². The van der Waals surface area contributed by atoms with Crippen molar-refractivity contribution in [3.05, 3.63) is 89.7 Å². The van der Waals surface area contributed by atoms with Crippen molar-refractivity contribution in [3.8, 4) is 11.1 Å². The molecule has 8 nitrogen and oxygen atoms in total. The molecule has 2 aromatic carbocycles. The Balaban J connectivity index is 0.00000306. The van der Waals surface area contributed by atoms with Crippen molar-refractivity contribution in [1.29, 1.82) is 0 Å². The van der Waals surface area contributed by atoms with Crippen LogP contribution < -0.4 is 10.6 Å². The van der Waals surface area contributed by atoms with E-state index in [0.717, 1.165) is 11.5 Å². The van der Waals surface area contributed by atoms with Gasteiger partial charge in [0.1, 0.15) is 18.4 Å². The van der Waals surface area contributed by atoms with Gasteiger partial charge in [0.25, 0.3) is 0 Å². The predicted octanol–water partition coefficient (Wildman–Crippen LogP) is 4.08. The number of halogens is 1. The topological polar surface area (TPSA) is 93.2 Å². The van der Waals surface area contributed by atoms with E-state index in [9.17, 15) is 0 Å². The van der Waals surface area contributed by atoms with Gasteiger partial charge in [-0.3, -0.25) is 4.99 Å². The molecule has 172 valence electrons. The lowest BCUT2D eigenvalue weighted by Crippen LogP contribution is -2.36. The van der Waals surface area contributed by atoms with Gasteiger partial charge in [0, 0.05) is 13.6 Å². The minimum Gasteiger partial charge on any atom is -0.444 e. The molecule has 0 amide bonds. The van der Waals surface area contributed by atoms with E-state index in [1.165, 1.54) is 22.3 Å². The van der Waals surface area contributed by atoms with Crippen molar-refractivity contribution >= 4 is 29.9 Å². The third-order valence-electron chi connectivity index (χ3n) is 5.24. The van der Waals surface area contributed by atoms with Crippen molar-refractivity contribution in [2.45, 2.75) is 33.5 Å². The van der Waals surface area contributed by atoms with Gasteiger partial charge >= 0.3 is 0 Å². The van der Waals surface area contributed by atoms with Crippen LogP contribution in [0.15, 0.2) is 70.6 Å². The molecule has 0 spiro atoms. The maximum atomic E-state index is 5.63. The third-order valence-corrected chi connectivity index (χ3v) is 5.24. The van der Waals surface area contributed by atoms with E-state index in [2.05, 4.69) is 73.2 Å². The summed E-state index contributed by atoms with van der Waals surface area (Å²) in [5, 5.41) is 10.8. The zero-order valence-electron chi connectivity index (χ0n) is 18.9. The van der Waals surface area contributed by atoms with Crippen LogP contribution in [-0.2, 0) is 19.6 Å². The van der Waals surface area contributed by atoms with Gasteiger partial charge in [-0.2, -0.15) is 5.10 Å². The summed E-state index contributed by atoms with van der Waals surface area (Å²) in [6, 6.07) is 16.9. The van der Waals surface area contributed by atoms with Crippen LogP contribution >= 0.6 is 24.0 Å². The highest BCUT2D eigenvalue weighted by Crippen LogP contribution is 2.24. The van der Waals surface area contributed by atoms with E-state index < -0.39 is 0 Å². The fourth-order valence-corrected chi connectivity index (χ4v) is 3.42. The molecule has 2 N–H and O–H groups in total. The molecule has 2 aromatic heterocycles. The molecule has 4 rings (SSSR count). The molecule has 0 saturated carbocycles. The summed E-state index contributed by atoms with van der Waals surface area (Å²) in [6.07, 6.45) is 3.27. The number of rotatable bonds is 7. The first kappa shape index (κ1) is 24.4. The average Bonchev–Trinajstić information content (AvgIpc) is 3.44. The normalized spacial score (nSPS) is 11.2. The maximum absolute atomic E-state index is 5.63. The van der Waals surface area contributed by atoms with Crippen LogP contribution in [0.1, 0.15) is 28.5 Å². The Morgan fingerprint density at radius 1 is 1.03 bits per heavy atom. The summed E-state index contributed by atoms with van der Waals surface area (Å²) in [7, 11) is 1.75. The molecule has 0 fully saturated rings. The number of hydrogen-bond donors (Lipinski definition) is 2. The zero-order chi connectivity index (χ0) is 22.3. The number of nitrogens with zero attached hydrogens (tertiary/aromatic N) is 5. The Morgan fingerprint density at radius 2 is 1.79 bits per heavy atom. The molecule has 0 aliphatic rings. The van der Waals surface area contributed by atoms with Crippen LogP contribution in [0.4, 0.5) is 0 Å². The minimum absolute atomic E-state index is 0. The number of oxazole rings is 1. The number of aliphatic imine (C=N–C) groups is 1. The zero-order valence-corrected chi connectivity index (χ0v) is 21.3. The van der Waals surface area contributed by atoms with E-state index >= 15 is 0 Å². The third kappa shape index (κ3) is 6.41. The second kappa shape index (κ2) is 11.6. The quantitative estimate of drug-likeness (QED) is 0.202. The molecule has 0 bridgehead atoms. The highest BCUT2D eigenvalue weighted by molar-refractivity contribution is 14.0. The Hall–Kier alpha value is -3.21. The van der Waals surface area contributed by atoms with Crippen molar-refractivity contribution in [1.82, 2.24) is 30.4 Å². The van der Waals surface area contributed by atoms with Gasteiger partial charge in [0.05, 0.1) is 18.8 Å². The van der Waals surface area contributed by atoms with Crippen molar-refractivity contribution < 1.29 is 4.42 Å². The van der Waals surface area contributed by atoms with E-state index in [1.54, 1.807) is 19.7 Å². The lowest BCUT2D eigenvalue weighted by atomic mass is 9.98. The van der Waals surface area contributed by atoms with Gasteiger partial charge in [0.2, 0.25) is 5.89 Å². The summed E-state index contributed by atoms with van der Waals surface area (Å²) in [4.78, 5) is 12.7. The fourth-order valence-electron chi connectivity index (χ4n) is 3.42. The summed E-state index contributed by atoms with van der Waals surface area (Å²) in [5.41, 5.74) is 5.62. The number of benzene rings is 2. The van der Waals surface area contributed by atoms with Gasteiger partial charge in [-0.15, -0.1) is 24.0 Å². The monoisotopic (exact) mass is 557 g/mol. The molecule has 0 saturated heterocycles. The number of aromatic nitrogens is 4. The van der Waals surface area contributed by atoms with Gasteiger partial charge < -0.3 is 15.1 Å². The number of hydrogen-bond acceptors (Lipinski definition) is 5. The van der Waals surface area contributed by atoms with Crippen molar-refractivity contribution in [3.63, 3.8) is 0 Å². The number of aryl methyl sites for hydroxylation is 2. The Kier molecular flexibility index (Phi) is 8.58. The van der Waals surface area contributed by atoms with Crippen LogP contribution in [-0.4, -0.2) is 32.8 Å². The fraction of sp³-hybridized carbons (Fsp3) is 0.250. The Morgan fingerprint density at radius 3 is 2.45 bits per heavy atom. The van der Waals surface area contributed by atoms with Gasteiger partial charge in [-0.25, -0.2) is 14.6 Å². The Bertz CT molecular complexity index is 1160. The molecule has 0 atom stereocenters. The van der Waals surface area contributed by atoms with E-state index in [-0.39, 0.29) is 24.0 Å². The molecule has 2 heterocycles. The first-order valence-electron chi connectivity index (χ1n) is 10.5. The standard InChI is InChI=1S/C24H27N7O.HI/c1-17-18(2)32-23(30-17)13-28-24(25-3)27-12-21-6-4-5-7-22(21)20-10-8-19(9-11-20)14-31-16-26-15-29-31;/h4-11,15-16H,12-14H2,1-3H3,(H2,25,27,28);1H. The summed E-state index contributed by atoms with van der Waals surface area (Å²) in [6.45, 7) is 5.67. The van der Waals surface area contributed by atoms with E-state index in [4.69, 9.17) is 4.42 Å². The molecule has 4 aromatic rings. The van der Waals surface area contributed by atoms with Crippen molar-refractivity contribution in [2.75, 3.05) is 7.05 Å². The molecule has 0 radical (unpaired) electrons. The smallest absolute Gasteiger partial charge is 0.214 e. The maximum Gasteiger partial charge on any atom is 0.214 e. The molecule has 0 unspecified atom stereocenters. The molecular formula is C24H28IN7O. The molecule has 33 heavy (non-hydrogen) atoms. The van der Waals surface area contributed by atoms with Crippen LogP contribution in [0.2, 0.25) is 0 Å². The Labute approximate surface area is 210 Å². The SMILES string of the molecule is CN=C(NCc1nc(C)c(C)o1)NCc1ccccc1-c1ccc(Cn2cncn2)cc1.I. The van der Waals surface area contributed by atoms with Crippen LogP contribution in [0.5, 0.6) is 0 Å². The predicted molar refractivity (Wildman–Crippen MR) is 139 cm³/mol. The summed E-state index contributed by atoms with van der Waals surface area (Å²) < 4.78 is 7.44. The lowest BCUT2D eigenvalue weighted by molar-refractivity contribution is 0.463. The highest BCUT2D eigenvalue weighted by atomic mass is 127. The van der Waals surface area contributed by atoms with Crippen LogP contribution in [0, 0.1) is 13.8 Å². The van der Waals surface area contributed by atoms with Crippen molar-refractivity contribution in [2.24, 2.45) is 4.99 Å². The molecule has 9 heteroatoms. The van der Waals surface area contributed by atoms with Gasteiger partial charge in [-0.05, 0) is 36.1 Å². The summed E-state index contributed by atoms with van der Waals surface area (Å²) in [5.74, 6) is 2.18. The average molecular weight is 557 g/mol. The van der Waals surface area contributed by atoms with Gasteiger partial charge in [-0.1, -0.05) is 48.5 Å². The molecular weight excluding hydrogens is 529 g/mol. The first-order chi connectivity index (χ1) is 15.6. The second-order valence-electron chi connectivity index (χ2n) is 7.48. The molecule has 0 aliphatic carbocycles. The number of guanidine groups is 1. The largest absolute Gasteiger partial charge is 0.444 e. The van der Waals surface area contributed by atoms with Gasteiger partial charge in [0.15, 0.2) is 5.96 Å². The van der Waals surface area contributed by atoms with Crippen LogP contribution in [0.3, 0.4) is 0 Å². The first-order valence-corrected chi connectivity index (χ1v) is 10.5. The molecule has 0 aliphatic heterocycles. The summed E-state index contributed by atoms with van der Waals surface area (Å²) >= 11 is 0. The highest BCUT2D eigenvalue weighted by Gasteiger charge is 2.09. The number of nitrogens with one attached hydrogen (secondary N) is 2. The van der Waals surface area contributed by atoms with E-state index in [0.29, 0.717) is 31.5 Å². The second-order valence-corrected chi connectivity index (χ2v) is 7.48. The minimum atomic E-state index is 0. The van der Waals surface area contributed by atoms with Crippen LogP contribution in [0.25, 0.3) is 11.1 Å². The lowest BCUT2D eigenvalue weighted by Gasteiger charge is -2.14.